The molecular formula is C21H24FN5O. The molecule has 3 aromatic rings. The van der Waals surface area contributed by atoms with Gasteiger partial charge in [-0.3, -0.25) is 9.88 Å². The number of hydrogen-bond donors (Lipinski definition) is 0. The Bertz CT molecular complexity index is 967. The van der Waals surface area contributed by atoms with Crippen molar-refractivity contribution in [2.75, 3.05) is 6.54 Å². The van der Waals surface area contributed by atoms with Crippen LogP contribution >= 0.6 is 0 Å². The number of rotatable bonds is 4. The lowest BCUT2D eigenvalue weighted by molar-refractivity contribution is 0.133. The molecule has 1 fully saturated rings. The van der Waals surface area contributed by atoms with Crippen molar-refractivity contribution >= 4 is 0 Å². The highest BCUT2D eigenvalue weighted by molar-refractivity contribution is 5.60. The zero-order chi connectivity index (χ0) is 19.7. The maximum absolute atomic E-state index is 14.1. The number of aryl methyl sites for hydroxylation is 3. The van der Waals surface area contributed by atoms with Crippen molar-refractivity contribution in [3.63, 3.8) is 0 Å². The first kappa shape index (κ1) is 18.7. The molecule has 0 bridgehead atoms. The summed E-state index contributed by atoms with van der Waals surface area (Å²) in [7, 11) is 0. The van der Waals surface area contributed by atoms with Crippen LogP contribution in [0.1, 0.15) is 53.8 Å². The van der Waals surface area contributed by atoms with Gasteiger partial charge < -0.3 is 4.52 Å². The lowest BCUT2D eigenvalue weighted by atomic mass is 9.98. The molecule has 0 saturated carbocycles. The maximum atomic E-state index is 14.1. The van der Waals surface area contributed by atoms with Gasteiger partial charge in [0.15, 0.2) is 5.82 Å². The van der Waals surface area contributed by atoms with E-state index in [-0.39, 0.29) is 11.9 Å². The van der Waals surface area contributed by atoms with E-state index < -0.39 is 0 Å². The summed E-state index contributed by atoms with van der Waals surface area (Å²) in [4.78, 5) is 16.0. The highest BCUT2D eigenvalue weighted by atomic mass is 19.1. The topological polar surface area (TPSA) is 67.9 Å². The van der Waals surface area contributed by atoms with E-state index in [1.165, 1.54) is 6.07 Å². The second kappa shape index (κ2) is 7.75. The second-order valence-corrected chi connectivity index (χ2v) is 7.37. The lowest BCUT2D eigenvalue weighted by Gasteiger charge is -2.35. The van der Waals surface area contributed by atoms with E-state index in [1.54, 1.807) is 12.3 Å². The van der Waals surface area contributed by atoms with Crippen LogP contribution < -0.4 is 0 Å². The molecule has 146 valence electrons. The monoisotopic (exact) mass is 381 g/mol. The Labute approximate surface area is 163 Å². The van der Waals surface area contributed by atoms with Crippen molar-refractivity contribution in [1.29, 1.82) is 0 Å². The summed E-state index contributed by atoms with van der Waals surface area (Å²) in [6.45, 7) is 7.11. The molecule has 7 heteroatoms. The Morgan fingerprint density at radius 3 is 2.82 bits per heavy atom. The van der Waals surface area contributed by atoms with E-state index in [1.807, 2.05) is 26.8 Å². The first-order valence-corrected chi connectivity index (χ1v) is 9.65. The Morgan fingerprint density at radius 1 is 1.21 bits per heavy atom. The smallest absolute Gasteiger partial charge is 0.165 e. The molecule has 1 aliphatic heterocycles. The minimum absolute atomic E-state index is 0.107. The van der Waals surface area contributed by atoms with Crippen molar-refractivity contribution in [2.24, 2.45) is 0 Å². The molecule has 0 amide bonds. The molecule has 0 aromatic carbocycles. The normalized spacial score (nSPS) is 17.8. The van der Waals surface area contributed by atoms with E-state index in [0.29, 0.717) is 23.8 Å². The molecule has 3 aromatic heterocycles. The summed E-state index contributed by atoms with van der Waals surface area (Å²) >= 11 is 0. The molecule has 6 nitrogen and oxygen atoms in total. The van der Waals surface area contributed by atoms with E-state index in [2.05, 4.69) is 20.0 Å². The third-order valence-corrected chi connectivity index (χ3v) is 5.27. The SMILES string of the molecule is Cc1cc([C@H]2CCCCN2Cc2ncccc2F)nc(-c2c(C)noc2C)n1. The fourth-order valence-corrected chi connectivity index (χ4v) is 3.92. The highest BCUT2D eigenvalue weighted by Crippen LogP contribution is 2.33. The molecule has 1 saturated heterocycles. The number of aromatic nitrogens is 4. The van der Waals surface area contributed by atoms with Gasteiger partial charge in [-0.15, -0.1) is 0 Å². The van der Waals surface area contributed by atoms with Gasteiger partial charge in [0, 0.05) is 18.4 Å². The van der Waals surface area contributed by atoms with Gasteiger partial charge in [-0.2, -0.15) is 0 Å². The first-order valence-electron chi connectivity index (χ1n) is 9.65. The van der Waals surface area contributed by atoms with Crippen LogP contribution in [0.25, 0.3) is 11.4 Å². The molecule has 28 heavy (non-hydrogen) atoms. The summed E-state index contributed by atoms with van der Waals surface area (Å²) in [5.41, 5.74) is 3.97. The third kappa shape index (κ3) is 3.67. The fraction of sp³-hybridized carbons (Fsp3) is 0.429. The molecule has 1 atom stereocenters. The summed E-state index contributed by atoms with van der Waals surface area (Å²) in [6, 6.07) is 5.22. The number of pyridine rings is 1. The second-order valence-electron chi connectivity index (χ2n) is 7.37. The van der Waals surface area contributed by atoms with E-state index in [4.69, 9.17) is 9.51 Å². The van der Waals surface area contributed by atoms with Crippen LogP contribution in [0.2, 0.25) is 0 Å². The maximum Gasteiger partial charge on any atom is 0.165 e. The Hall–Kier alpha value is -2.67. The largest absolute Gasteiger partial charge is 0.361 e. The van der Waals surface area contributed by atoms with Crippen molar-refractivity contribution in [1.82, 2.24) is 25.0 Å². The highest BCUT2D eigenvalue weighted by Gasteiger charge is 2.27. The van der Waals surface area contributed by atoms with Crippen LogP contribution in [-0.4, -0.2) is 31.6 Å². The van der Waals surface area contributed by atoms with E-state index in [9.17, 15) is 4.39 Å². The number of halogens is 1. The Kier molecular flexibility index (Phi) is 5.17. The molecule has 0 spiro atoms. The fourth-order valence-electron chi connectivity index (χ4n) is 3.92. The molecular weight excluding hydrogens is 357 g/mol. The quantitative estimate of drug-likeness (QED) is 0.670. The minimum Gasteiger partial charge on any atom is -0.361 e. The summed E-state index contributed by atoms with van der Waals surface area (Å²) < 4.78 is 19.4. The number of likely N-dealkylation sites (tertiary alicyclic amines) is 1. The minimum atomic E-state index is -0.262. The Balaban J connectivity index is 1.69. The predicted molar refractivity (Wildman–Crippen MR) is 103 cm³/mol. The average Bonchev–Trinajstić information content (AvgIpc) is 3.02. The lowest BCUT2D eigenvalue weighted by Crippen LogP contribution is -2.34. The van der Waals surface area contributed by atoms with Crippen LogP contribution in [-0.2, 0) is 6.54 Å². The van der Waals surface area contributed by atoms with Gasteiger partial charge in [-0.05, 0) is 58.4 Å². The standard InChI is InChI=1S/C21H24FN5O/c1-13-11-17(25-21(24-13)20-14(2)26-28-15(20)3)19-8-4-5-10-27(19)12-18-16(22)7-6-9-23-18/h6-7,9,11,19H,4-5,8,10,12H2,1-3H3/t19-/m1/s1. The number of hydrogen-bond acceptors (Lipinski definition) is 6. The molecule has 0 unspecified atom stereocenters. The zero-order valence-electron chi connectivity index (χ0n) is 16.4. The molecule has 0 N–H and O–H groups in total. The van der Waals surface area contributed by atoms with Crippen molar-refractivity contribution < 1.29 is 8.91 Å². The van der Waals surface area contributed by atoms with Crippen LogP contribution in [0.3, 0.4) is 0 Å². The van der Waals surface area contributed by atoms with Gasteiger partial charge in [0.05, 0.1) is 28.7 Å². The first-order chi connectivity index (χ1) is 13.5. The van der Waals surface area contributed by atoms with Gasteiger partial charge in [0.25, 0.3) is 0 Å². The van der Waals surface area contributed by atoms with Gasteiger partial charge >= 0.3 is 0 Å². The van der Waals surface area contributed by atoms with Crippen molar-refractivity contribution in [3.05, 3.63) is 58.7 Å². The van der Waals surface area contributed by atoms with Gasteiger partial charge in [-0.1, -0.05) is 11.6 Å². The molecule has 0 radical (unpaired) electrons. The third-order valence-electron chi connectivity index (χ3n) is 5.27. The zero-order valence-corrected chi connectivity index (χ0v) is 16.4. The summed E-state index contributed by atoms with van der Waals surface area (Å²) in [5.74, 6) is 1.09. The Morgan fingerprint density at radius 2 is 2.07 bits per heavy atom. The number of piperidine rings is 1. The van der Waals surface area contributed by atoms with Gasteiger partial charge in [0.1, 0.15) is 11.6 Å². The molecule has 1 aliphatic rings. The van der Waals surface area contributed by atoms with Gasteiger partial charge in [-0.25, -0.2) is 14.4 Å². The predicted octanol–water partition coefficient (Wildman–Crippen LogP) is 4.32. The van der Waals surface area contributed by atoms with Crippen LogP contribution in [0.5, 0.6) is 0 Å². The molecule has 4 heterocycles. The molecule has 4 rings (SSSR count). The van der Waals surface area contributed by atoms with Crippen LogP contribution in [0, 0.1) is 26.6 Å². The molecule has 0 aliphatic carbocycles. The average molecular weight is 381 g/mol. The van der Waals surface area contributed by atoms with E-state index in [0.717, 1.165) is 48.5 Å². The van der Waals surface area contributed by atoms with Crippen molar-refractivity contribution in [3.8, 4) is 11.4 Å². The number of nitrogens with zero attached hydrogens (tertiary/aromatic N) is 5. The van der Waals surface area contributed by atoms with Gasteiger partial charge in [0.2, 0.25) is 0 Å². The van der Waals surface area contributed by atoms with Crippen LogP contribution in [0.4, 0.5) is 4.39 Å². The summed E-state index contributed by atoms with van der Waals surface area (Å²) in [5, 5.41) is 4.03. The summed E-state index contributed by atoms with van der Waals surface area (Å²) in [6.07, 6.45) is 4.83. The van der Waals surface area contributed by atoms with Crippen LogP contribution in [0.15, 0.2) is 28.9 Å². The van der Waals surface area contributed by atoms with E-state index >= 15 is 0 Å². The van der Waals surface area contributed by atoms with Crippen molar-refractivity contribution in [2.45, 2.75) is 52.6 Å².